The third-order valence-corrected chi connectivity index (χ3v) is 5.87. The number of hydrogen-bond donors (Lipinski definition) is 2. The van der Waals surface area contributed by atoms with E-state index in [4.69, 9.17) is 4.74 Å². The molecule has 4 rings (SSSR count). The number of hydrogen-bond acceptors (Lipinski definition) is 5. The summed E-state index contributed by atoms with van der Waals surface area (Å²) in [5.41, 5.74) is 0.479. The minimum atomic E-state index is -2.72. The molecule has 0 spiro atoms. The Morgan fingerprint density at radius 1 is 1.20 bits per heavy atom. The average molecular weight is 491 g/mol. The van der Waals surface area contributed by atoms with Crippen molar-refractivity contribution in [3.63, 3.8) is 0 Å². The van der Waals surface area contributed by atoms with Crippen LogP contribution in [-0.4, -0.2) is 34.7 Å². The van der Waals surface area contributed by atoms with Gasteiger partial charge in [0.25, 0.3) is 11.8 Å². The van der Waals surface area contributed by atoms with Crippen molar-refractivity contribution in [3.8, 4) is 0 Å². The maximum absolute atomic E-state index is 14.9. The molecule has 0 bridgehead atoms. The molecular formula is C25H26F4N4O2. The predicted octanol–water partition coefficient (Wildman–Crippen LogP) is 4.57. The number of amides is 1. The van der Waals surface area contributed by atoms with Crippen LogP contribution in [0.1, 0.15) is 50.7 Å². The summed E-state index contributed by atoms with van der Waals surface area (Å²) in [6, 6.07) is 5.84. The molecule has 1 fully saturated rings. The fourth-order valence-electron chi connectivity index (χ4n) is 4.19. The number of carbonyl (C=O) groups is 1. The van der Waals surface area contributed by atoms with E-state index in [1.165, 1.54) is 12.4 Å². The van der Waals surface area contributed by atoms with E-state index in [9.17, 15) is 22.4 Å². The van der Waals surface area contributed by atoms with E-state index in [0.717, 1.165) is 18.2 Å². The first-order valence-electron chi connectivity index (χ1n) is 11.4. The Labute approximate surface area is 200 Å². The average Bonchev–Trinajstić information content (AvgIpc) is 2.82. The number of ether oxygens (including phenoxy) is 1. The largest absolute Gasteiger partial charge is 0.349 e. The van der Waals surface area contributed by atoms with E-state index >= 15 is 0 Å². The van der Waals surface area contributed by atoms with Gasteiger partial charge in [-0.15, -0.1) is 0 Å². The van der Waals surface area contributed by atoms with E-state index in [1.54, 1.807) is 32.2 Å². The number of carbonyl (C=O) groups excluding carboxylic acids is 1. The molecule has 35 heavy (non-hydrogen) atoms. The van der Waals surface area contributed by atoms with Gasteiger partial charge in [0.2, 0.25) is 5.92 Å². The zero-order valence-corrected chi connectivity index (χ0v) is 19.3. The molecule has 1 saturated carbocycles. The SMILES string of the molecule is CC(C)OC1(c2cc(F)ccc2F)N=C(c2cccnc2)C(C(=O)NC2CCC(F)(F)CC2)=CN1. The molecule has 2 heterocycles. The highest BCUT2D eigenvalue weighted by Crippen LogP contribution is 2.35. The number of halogens is 4. The minimum Gasteiger partial charge on any atom is -0.349 e. The summed E-state index contributed by atoms with van der Waals surface area (Å²) in [6.45, 7) is 3.43. The van der Waals surface area contributed by atoms with Gasteiger partial charge >= 0.3 is 0 Å². The molecule has 1 amide bonds. The van der Waals surface area contributed by atoms with Crippen molar-refractivity contribution in [2.75, 3.05) is 0 Å². The predicted molar refractivity (Wildman–Crippen MR) is 122 cm³/mol. The summed E-state index contributed by atoms with van der Waals surface area (Å²) in [5.74, 6) is -6.55. The summed E-state index contributed by atoms with van der Waals surface area (Å²) in [7, 11) is 0. The molecule has 1 aliphatic carbocycles. The highest BCUT2D eigenvalue weighted by atomic mass is 19.3. The molecule has 2 aliphatic rings. The van der Waals surface area contributed by atoms with Crippen molar-refractivity contribution in [2.24, 2.45) is 4.99 Å². The smallest absolute Gasteiger partial charge is 0.268 e. The van der Waals surface area contributed by atoms with Crippen molar-refractivity contribution >= 4 is 11.6 Å². The van der Waals surface area contributed by atoms with Crippen LogP contribution < -0.4 is 10.6 Å². The first-order chi connectivity index (χ1) is 16.6. The number of alkyl halides is 2. The Morgan fingerprint density at radius 3 is 2.60 bits per heavy atom. The highest BCUT2D eigenvalue weighted by molar-refractivity contribution is 6.28. The van der Waals surface area contributed by atoms with Crippen molar-refractivity contribution < 1.29 is 27.1 Å². The van der Waals surface area contributed by atoms with Gasteiger partial charge in [-0.1, -0.05) is 0 Å². The molecule has 6 nitrogen and oxygen atoms in total. The second-order valence-corrected chi connectivity index (χ2v) is 8.94. The van der Waals surface area contributed by atoms with Crippen LogP contribution in [-0.2, 0) is 15.4 Å². The van der Waals surface area contributed by atoms with Gasteiger partial charge < -0.3 is 15.4 Å². The lowest BCUT2D eigenvalue weighted by atomic mass is 9.91. The highest BCUT2D eigenvalue weighted by Gasteiger charge is 2.42. The molecule has 0 saturated heterocycles. The maximum Gasteiger partial charge on any atom is 0.268 e. The number of benzene rings is 1. The Hall–Kier alpha value is -3.27. The molecule has 1 aromatic heterocycles. The van der Waals surface area contributed by atoms with Crippen molar-refractivity contribution in [2.45, 2.75) is 63.4 Å². The molecule has 1 unspecified atom stereocenters. The standard InChI is InChI=1S/C25H26F4N4O2/c1-15(2)35-25(20-12-17(26)5-6-21(20)27)31-14-19(22(33-25)16-4-3-11-30-13-16)23(34)32-18-7-9-24(28,29)10-8-18/h3-6,11-15,18,31H,7-10H2,1-2H3,(H,32,34). The molecule has 1 aromatic carbocycles. The molecule has 10 heteroatoms. The Morgan fingerprint density at radius 2 is 1.94 bits per heavy atom. The van der Waals surface area contributed by atoms with Gasteiger partial charge in [0.1, 0.15) is 11.6 Å². The maximum atomic E-state index is 14.9. The quantitative estimate of drug-likeness (QED) is 0.582. The lowest BCUT2D eigenvalue weighted by Crippen LogP contribution is -2.49. The number of nitrogens with zero attached hydrogens (tertiary/aromatic N) is 2. The van der Waals surface area contributed by atoms with Gasteiger partial charge in [0, 0.05) is 43.0 Å². The molecule has 186 valence electrons. The number of rotatable bonds is 6. The first kappa shape index (κ1) is 24.8. The zero-order valence-electron chi connectivity index (χ0n) is 19.3. The Balaban J connectivity index is 1.73. The Bertz CT molecular complexity index is 1140. The lowest BCUT2D eigenvalue weighted by Gasteiger charge is -2.37. The van der Waals surface area contributed by atoms with E-state index in [1.807, 2.05) is 0 Å². The molecular weight excluding hydrogens is 464 g/mol. The topological polar surface area (TPSA) is 75.6 Å². The summed E-state index contributed by atoms with van der Waals surface area (Å²) in [5, 5.41) is 5.65. The van der Waals surface area contributed by atoms with E-state index in [2.05, 4.69) is 20.6 Å². The monoisotopic (exact) mass is 490 g/mol. The van der Waals surface area contributed by atoms with Crippen LogP contribution in [0, 0.1) is 11.6 Å². The Kier molecular flexibility index (Phi) is 6.93. The summed E-state index contributed by atoms with van der Waals surface area (Å²) in [4.78, 5) is 21.9. The molecule has 1 atom stereocenters. The lowest BCUT2D eigenvalue weighted by molar-refractivity contribution is -0.119. The third-order valence-electron chi connectivity index (χ3n) is 5.87. The molecule has 0 radical (unpaired) electrons. The van der Waals surface area contributed by atoms with Crippen LogP contribution in [0.4, 0.5) is 17.6 Å². The van der Waals surface area contributed by atoms with Crippen LogP contribution in [0.15, 0.2) is 59.5 Å². The zero-order chi connectivity index (χ0) is 25.2. The summed E-state index contributed by atoms with van der Waals surface area (Å²) < 4.78 is 62.0. The molecule has 2 N–H and O–H groups in total. The van der Waals surface area contributed by atoms with Gasteiger partial charge in [0.15, 0.2) is 0 Å². The number of aromatic nitrogens is 1. The normalized spacial score (nSPS) is 22.3. The van der Waals surface area contributed by atoms with Gasteiger partial charge in [-0.2, -0.15) is 0 Å². The van der Waals surface area contributed by atoms with Gasteiger partial charge in [-0.25, -0.2) is 22.6 Å². The van der Waals surface area contributed by atoms with Crippen molar-refractivity contribution in [1.82, 2.24) is 15.6 Å². The fraction of sp³-hybridized carbons (Fsp3) is 0.400. The number of aliphatic imine (C=N–C) groups is 1. The fourth-order valence-corrected chi connectivity index (χ4v) is 4.19. The van der Waals surface area contributed by atoms with Crippen LogP contribution in [0.3, 0.4) is 0 Å². The van der Waals surface area contributed by atoms with Gasteiger partial charge in [0.05, 0.1) is 23.0 Å². The summed E-state index contributed by atoms with van der Waals surface area (Å²) >= 11 is 0. The van der Waals surface area contributed by atoms with E-state index in [-0.39, 0.29) is 42.5 Å². The first-order valence-corrected chi connectivity index (χ1v) is 11.4. The van der Waals surface area contributed by atoms with Gasteiger partial charge in [-0.3, -0.25) is 9.78 Å². The van der Waals surface area contributed by atoms with Crippen molar-refractivity contribution in [3.05, 3.63) is 77.3 Å². The number of nitrogens with one attached hydrogen (secondary N) is 2. The van der Waals surface area contributed by atoms with Crippen LogP contribution in [0.5, 0.6) is 0 Å². The van der Waals surface area contributed by atoms with E-state index in [0.29, 0.717) is 5.56 Å². The second-order valence-electron chi connectivity index (χ2n) is 8.94. The van der Waals surface area contributed by atoms with Crippen LogP contribution in [0.2, 0.25) is 0 Å². The summed E-state index contributed by atoms with van der Waals surface area (Å²) in [6.07, 6.45) is 3.58. The molecule has 2 aromatic rings. The molecule has 1 aliphatic heterocycles. The van der Waals surface area contributed by atoms with Crippen LogP contribution in [0.25, 0.3) is 0 Å². The van der Waals surface area contributed by atoms with Crippen LogP contribution >= 0.6 is 0 Å². The minimum absolute atomic E-state index is 0.0927. The van der Waals surface area contributed by atoms with E-state index < -0.39 is 41.5 Å². The second kappa shape index (κ2) is 9.77. The number of pyridine rings is 1. The van der Waals surface area contributed by atoms with Crippen molar-refractivity contribution in [1.29, 1.82) is 0 Å². The van der Waals surface area contributed by atoms with Gasteiger partial charge in [-0.05, 0) is 57.0 Å². The third kappa shape index (κ3) is 5.53.